The molecule has 0 spiro atoms. The number of aromatic nitrogens is 1. The van der Waals surface area contributed by atoms with Crippen LogP contribution in [0, 0.1) is 12.8 Å². The molecule has 0 bridgehead atoms. The SMILES string of the molecule is Cc1ccnc(NCCC2CCC2)c1. The van der Waals surface area contributed by atoms with Gasteiger partial charge in [-0.1, -0.05) is 19.3 Å². The van der Waals surface area contributed by atoms with E-state index in [0.29, 0.717) is 0 Å². The van der Waals surface area contributed by atoms with Crippen molar-refractivity contribution in [1.82, 2.24) is 4.98 Å². The smallest absolute Gasteiger partial charge is 0.126 e. The number of hydrogen-bond donors (Lipinski definition) is 1. The van der Waals surface area contributed by atoms with Crippen LogP contribution >= 0.6 is 0 Å². The zero-order valence-electron chi connectivity index (χ0n) is 8.79. The average Bonchev–Trinajstić information content (AvgIpc) is 2.09. The van der Waals surface area contributed by atoms with Gasteiger partial charge in [0.05, 0.1) is 0 Å². The van der Waals surface area contributed by atoms with Gasteiger partial charge in [-0.2, -0.15) is 0 Å². The molecule has 0 atom stereocenters. The third kappa shape index (κ3) is 2.47. The molecule has 0 amide bonds. The van der Waals surface area contributed by atoms with Crippen molar-refractivity contribution in [2.24, 2.45) is 5.92 Å². The molecule has 76 valence electrons. The van der Waals surface area contributed by atoms with Crippen LogP contribution in [0.4, 0.5) is 5.82 Å². The van der Waals surface area contributed by atoms with Gasteiger partial charge in [-0.25, -0.2) is 4.98 Å². The van der Waals surface area contributed by atoms with Crippen LogP contribution in [0.2, 0.25) is 0 Å². The van der Waals surface area contributed by atoms with Crippen LogP contribution in [0.3, 0.4) is 0 Å². The molecule has 0 unspecified atom stereocenters. The van der Waals surface area contributed by atoms with Crippen LogP contribution in [-0.2, 0) is 0 Å². The number of hydrogen-bond acceptors (Lipinski definition) is 2. The van der Waals surface area contributed by atoms with E-state index in [1.807, 2.05) is 12.3 Å². The Balaban J connectivity index is 1.74. The van der Waals surface area contributed by atoms with Gasteiger partial charge in [0.1, 0.15) is 5.82 Å². The molecule has 1 aliphatic carbocycles. The first-order chi connectivity index (χ1) is 6.84. The predicted octanol–water partition coefficient (Wildman–Crippen LogP) is 2.99. The molecule has 2 rings (SSSR count). The number of rotatable bonds is 4. The summed E-state index contributed by atoms with van der Waals surface area (Å²) >= 11 is 0. The molecule has 0 radical (unpaired) electrons. The molecule has 1 fully saturated rings. The highest BCUT2D eigenvalue weighted by atomic mass is 15.0. The lowest BCUT2D eigenvalue weighted by molar-refractivity contribution is 0.303. The first kappa shape index (κ1) is 9.50. The number of pyridine rings is 1. The van der Waals surface area contributed by atoms with Crippen molar-refractivity contribution in [3.63, 3.8) is 0 Å². The highest BCUT2D eigenvalue weighted by molar-refractivity contribution is 5.36. The van der Waals surface area contributed by atoms with Gasteiger partial charge >= 0.3 is 0 Å². The first-order valence-electron chi connectivity index (χ1n) is 5.51. The molecule has 1 aliphatic rings. The monoisotopic (exact) mass is 190 g/mol. The van der Waals surface area contributed by atoms with Crippen molar-refractivity contribution in [3.8, 4) is 0 Å². The summed E-state index contributed by atoms with van der Waals surface area (Å²) in [6.07, 6.45) is 7.47. The minimum Gasteiger partial charge on any atom is -0.370 e. The lowest BCUT2D eigenvalue weighted by Crippen LogP contribution is -2.15. The summed E-state index contributed by atoms with van der Waals surface area (Å²) < 4.78 is 0. The van der Waals surface area contributed by atoms with E-state index in [0.717, 1.165) is 18.3 Å². The Morgan fingerprint density at radius 2 is 2.36 bits per heavy atom. The van der Waals surface area contributed by atoms with Gasteiger partial charge in [-0.15, -0.1) is 0 Å². The summed E-state index contributed by atoms with van der Waals surface area (Å²) in [7, 11) is 0. The van der Waals surface area contributed by atoms with Crippen LogP contribution in [0.1, 0.15) is 31.2 Å². The summed E-state index contributed by atoms with van der Waals surface area (Å²) in [6, 6.07) is 4.12. The molecular weight excluding hydrogens is 172 g/mol. The molecule has 14 heavy (non-hydrogen) atoms. The summed E-state index contributed by atoms with van der Waals surface area (Å²) in [5.41, 5.74) is 1.27. The lowest BCUT2D eigenvalue weighted by atomic mass is 9.83. The van der Waals surface area contributed by atoms with Crippen LogP contribution in [-0.4, -0.2) is 11.5 Å². The van der Waals surface area contributed by atoms with Gasteiger partial charge in [0.15, 0.2) is 0 Å². The Hall–Kier alpha value is -1.05. The van der Waals surface area contributed by atoms with Crippen molar-refractivity contribution >= 4 is 5.82 Å². The second kappa shape index (κ2) is 4.45. The lowest BCUT2D eigenvalue weighted by Gasteiger charge is -2.25. The van der Waals surface area contributed by atoms with Gasteiger partial charge in [-0.05, 0) is 37.0 Å². The topological polar surface area (TPSA) is 24.9 Å². The van der Waals surface area contributed by atoms with Crippen molar-refractivity contribution in [3.05, 3.63) is 23.9 Å². The molecule has 0 aliphatic heterocycles. The highest BCUT2D eigenvalue weighted by Crippen LogP contribution is 2.29. The van der Waals surface area contributed by atoms with Gasteiger partial charge in [0.2, 0.25) is 0 Å². The number of nitrogens with zero attached hydrogens (tertiary/aromatic N) is 1. The average molecular weight is 190 g/mol. The Kier molecular flexibility index (Phi) is 3.02. The Morgan fingerprint density at radius 1 is 1.50 bits per heavy atom. The standard InChI is InChI=1S/C12H18N2/c1-10-5-7-13-12(9-10)14-8-6-11-3-2-4-11/h5,7,9,11H,2-4,6,8H2,1H3,(H,13,14). The van der Waals surface area contributed by atoms with Crippen LogP contribution in [0.25, 0.3) is 0 Å². The minimum atomic E-state index is 0.979. The van der Waals surface area contributed by atoms with E-state index in [1.54, 1.807) is 0 Å². The maximum Gasteiger partial charge on any atom is 0.126 e. The molecule has 1 saturated carbocycles. The van der Waals surface area contributed by atoms with Gasteiger partial charge in [0.25, 0.3) is 0 Å². The zero-order chi connectivity index (χ0) is 9.80. The molecule has 2 nitrogen and oxygen atoms in total. The predicted molar refractivity (Wildman–Crippen MR) is 59.4 cm³/mol. The van der Waals surface area contributed by atoms with E-state index in [1.165, 1.54) is 31.2 Å². The van der Waals surface area contributed by atoms with Crippen molar-refractivity contribution in [2.45, 2.75) is 32.6 Å². The molecule has 1 aromatic heterocycles. The minimum absolute atomic E-state index is 0.979. The summed E-state index contributed by atoms with van der Waals surface area (Å²) in [5, 5.41) is 3.37. The number of anilines is 1. The van der Waals surface area contributed by atoms with E-state index < -0.39 is 0 Å². The van der Waals surface area contributed by atoms with Gasteiger partial charge in [0, 0.05) is 12.7 Å². The fourth-order valence-electron chi connectivity index (χ4n) is 1.82. The molecule has 2 heteroatoms. The Morgan fingerprint density at radius 3 is 3.00 bits per heavy atom. The molecule has 0 aromatic carbocycles. The van der Waals surface area contributed by atoms with Crippen molar-refractivity contribution in [1.29, 1.82) is 0 Å². The quantitative estimate of drug-likeness (QED) is 0.789. The summed E-state index contributed by atoms with van der Waals surface area (Å²) in [6.45, 7) is 3.17. The Bertz CT molecular complexity index is 292. The van der Waals surface area contributed by atoms with E-state index in [9.17, 15) is 0 Å². The molecule has 0 saturated heterocycles. The normalized spacial score (nSPS) is 16.4. The zero-order valence-corrected chi connectivity index (χ0v) is 8.79. The maximum atomic E-state index is 4.27. The molecule has 1 aromatic rings. The third-order valence-corrected chi connectivity index (χ3v) is 3.00. The first-order valence-corrected chi connectivity index (χ1v) is 5.51. The van der Waals surface area contributed by atoms with Crippen LogP contribution < -0.4 is 5.32 Å². The fraction of sp³-hybridized carbons (Fsp3) is 0.583. The van der Waals surface area contributed by atoms with E-state index >= 15 is 0 Å². The number of nitrogens with one attached hydrogen (secondary N) is 1. The summed E-state index contributed by atoms with van der Waals surface area (Å²) in [4.78, 5) is 4.27. The van der Waals surface area contributed by atoms with Crippen molar-refractivity contribution < 1.29 is 0 Å². The highest BCUT2D eigenvalue weighted by Gasteiger charge is 2.16. The van der Waals surface area contributed by atoms with E-state index in [-0.39, 0.29) is 0 Å². The van der Waals surface area contributed by atoms with Crippen LogP contribution in [0.15, 0.2) is 18.3 Å². The molecular formula is C12H18N2. The fourth-order valence-corrected chi connectivity index (χ4v) is 1.82. The summed E-state index contributed by atoms with van der Waals surface area (Å²) in [5.74, 6) is 2.00. The van der Waals surface area contributed by atoms with Crippen molar-refractivity contribution in [2.75, 3.05) is 11.9 Å². The number of aryl methyl sites for hydroxylation is 1. The maximum absolute atomic E-state index is 4.27. The third-order valence-electron chi connectivity index (χ3n) is 3.00. The molecule has 1 heterocycles. The van der Waals surface area contributed by atoms with E-state index in [4.69, 9.17) is 0 Å². The largest absolute Gasteiger partial charge is 0.370 e. The second-order valence-electron chi connectivity index (χ2n) is 4.23. The second-order valence-corrected chi connectivity index (χ2v) is 4.23. The van der Waals surface area contributed by atoms with E-state index in [2.05, 4.69) is 23.3 Å². The van der Waals surface area contributed by atoms with Gasteiger partial charge < -0.3 is 5.32 Å². The van der Waals surface area contributed by atoms with Gasteiger partial charge in [-0.3, -0.25) is 0 Å². The van der Waals surface area contributed by atoms with Crippen LogP contribution in [0.5, 0.6) is 0 Å². The molecule has 1 N–H and O–H groups in total. The Labute approximate surface area is 85.7 Å².